The average molecular weight is 476 g/mol. The van der Waals surface area contributed by atoms with Gasteiger partial charge in [0, 0.05) is 17.7 Å². The Morgan fingerprint density at radius 2 is 1.76 bits per heavy atom. The zero-order valence-corrected chi connectivity index (χ0v) is 22.3. The molecule has 0 radical (unpaired) electrons. The molecule has 2 heterocycles. The van der Waals surface area contributed by atoms with Gasteiger partial charge in [-0.05, 0) is 48.9 Å². The smallest absolute Gasteiger partial charge is 0.550 e. The third-order valence-electron chi connectivity index (χ3n) is 4.77. The number of amides is 1. The predicted octanol–water partition coefficient (Wildman–Crippen LogP) is -8.00. The van der Waals surface area contributed by atoms with E-state index in [1.807, 2.05) is 0 Å². The molecule has 0 fully saturated rings. The topological polar surface area (TPSA) is 197 Å². The van der Waals surface area contributed by atoms with Crippen molar-refractivity contribution in [2.24, 2.45) is 0 Å². The fourth-order valence-corrected chi connectivity index (χ4v) is 3.17. The van der Waals surface area contributed by atoms with Gasteiger partial charge in [0.1, 0.15) is 5.65 Å². The van der Waals surface area contributed by atoms with Crippen molar-refractivity contribution < 1.29 is 83.7 Å². The number of nitrogen functional groups attached to an aromatic ring is 1. The van der Waals surface area contributed by atoms with E-state index in [0.29, 0.717) is 23.9 Å². The number of aliphatic carboxylic acids is 2. The second-order valence-corrected chi connectivity index (χ2v) is 6.94. The van der Waals surface area contributed by atoms with Gasteiger partial charge in [0.05, 0.1) is 17.4 Å². The number of fused-ring (bicyclic) bond motifs is 1. The van der Waals surface area contributed by atoms with E-state index in [0.717, 1.165) is 11.1 Å². The van der Waals surface area contributed by atoms with Crippen molar-refractivity contribution in [1.82, 2.24) is 20.3 Å². The van der Waals surface area contributed by atoms with Crippen LogP contribution in [0, 0.1) is 0 Å². The summed E-state index contributed by atoms with van der Waals surface area (Å²) in [6.07, 6.45) is 1.96. The fourth-order valence-electron chi connectivity index (χ4n) is 3.17. The van der Waals surface area contributed by atoms with Crippen LogP contribution in [0.1, 0.15) is 34.3 Å². The summed E-state index contributed by atoms with van der Waals surface area (Å²) < 4.78 is 0. The van der Waals surface area contributed by atoms with Gasteiger partial charge in [0.15, 0.2) is 0 Å². The molecule has 0 aliphatic carbocycles. The number of carbonyl (C=O) groups is 3. The number of nitrogens with two attached hydrogens (primary N) is 1. The first-order chi connectivity index (χ1) is 14.7. The number of rotatable bonds is 9. The number of carboxylic acid groups (broad SMARTS) is 2. The predicted molar refractivity (Wildman–Crippen MR) is 105 cm³/mol. The van der Waals surface area contributed by atoms with Gasteiger partial charge in [-0.2, -0.15) is 4.98 Å². The molecule has 5 N–H and O–H groups in total. The minimum absolute atomic E-state index is 0. The van der Waals surface area contributed by atoms with Crippen molar-refractivity contribution >= 4 is 34.8 Å². The van der Waals surface area contributed by atoms with Gasteiger partial charge in [0.2, 0.25) is 5.95 Å². The van der Waals surface area contributed by atoms with Crippen molar-refractivity contribution in [3.63, 3.8) is 0 Å². The van der Waals surface area contributed by atoms with Gasteiger partial charge in [-0.25, -0.2) is 0 Å². The number of anilines is 1. The van der Waals surface area contributed by atoms with E-state index in [9.17, 15) is 29.4 Å². The maximum atomic E-state index is 12.2. The summed E-state index contributed by atoms with van der Waals surface area (Å²) >= 11 is 0. The third kappa shape index (κ3) is 7.70. The molecule has 0 spiro atoms. The maximum absolute atomic E-state index is 12.2. The summed E-state index contributed by atoms with van der Waals surface area (Å²) in [6.45, 7) is 0. The molecule has 0 bridgehead atoms. The third-order valence-corrected chi connectivity index (χ3v) is 4.77. The van der Waals surface area contributed by atoms with Crippen molar-refractivity contribution in [1.29, 1.82) is 0 Å². The summed E-state index contributed by atoms with van der Waals surface area (Å²) in [6, 6.07) is 5.03. The second kappa shape index (κ2) is 12.9. The van der Waals surface area contributed by atoms with Gasteiger partial charge < -0.3 is 35.8 Å². The molecule has 0 saturated carbocycles. The van der Waals surface area contributed by atoms with Crippen LogP contribution in [0.2, 0.25) is 0 Å². The summed E-state index contributed by atoms with van der Waals surface area (Å²) in [4.78, 5) is 55.4. The molecule has 162 valence electrons. The number of carbonyl (C=O) groups excluding carboxylic acids is 3. The van der Waals surface area contributed by atoms with Gasteiger partial charge in [0.25, 0.3) is 11.5 Å². The summed E-state index contributed by atoms with van der Waals surface area (Å²) in [7, 11) is 0. The van der Waals surface area contributed by atoms with Crippen molar-refractivity contribution in [3.8, 4) is 0 Å². The summed E-state index contributed by atoms with van der Waals surface area (Å²) in [5.74, 6) is -3.62. The molecule has 0 aliphatic heterocycles. The molecule has 1 amide bonds. The molecule has 0 saturated heterocycles. The van der Waals surface area contributed by atoms with Gasteiger partial charge >= 0.3 is 59.1 Å². The summed E-state index contributed by atoms with van der Waals surface area (Å²) in [5, 5.41) is 24.3. The number of aromatic amines is 2. The van der Waals surface area contributed by atoms with E-state index in [-0.39, 0.29) is 82.6 Å². The Morgan fingerprint density at radius 3 is 2.36 bits per heavy atom. The van der Waals surface area contributed by atoms with E-state index in [1.54, 1.807) is 18.3 Å². The first-order valence-electron chi connectivity index (χ1n) is 9.41. The van der Waals surface area contributed by atoms with Gasteiger partial charge in [-0.1, -0.05) is 12.1 Å². The molecule has 1 aromatic carbocycles. The number of carboxylic acids is 2. The van der Waals surface area contributed by atoms with Crippen LogP contribution >= 0.6 is 0 Å². The van der Waals surface area contributed by atoms with Crippen LogP contribution in [0.3, 0.4) is 0 Å². The van der Waals surface area contributed by atoms with E-state index >= 15 is 0 Å². The zero-order valence-electron chi connectivity index (χ0n) is 18.3. The fraction of sp³-hybridized carbons (Fsp3) is 0.250. The quantitative estimate of drug-likeness (QED) is 0.172. The number of H-pyrrole nitrogens is 2. The van der Waals surface area contributed by atoms with Crippen LogP contribution < -0.4 is 85.9 Å². The number of nitrogens with one attached hydrogen (secondary N) is 3. The Morgan fingerprint density at radius 1 is 1.09 bits per heavy atom. The van der Waals surface area contributed by atoms with Gasteiger partial charge in [-0.15, -0.1) is 0 Å². The van der Waals surface area contributed by atoms with E-state index in [4.69, 9.17) is 5.73 Å². The van der Waals surface area contributed by atoms with Crippen LogP contribution in [0.4, 0.5) is 5.95 Å². The van der Waals surface area contributed by atoms with Crippen LogP contribution in [0.25, 0.3) is 11.0 Å². The molecule has 33 heavy (non-hydrogen) atoms. The second-order valence-electron chi connectivity index (χ2n) is 6.94. The van der Waals surface area contributed by atoms with E-state index in [2.05, 4.69) is 20.3 Å². The SMILES string of the molecule is Nc1nc2[nH]cc(CCc3ccc(C(=O)N[13C@@H]([13CH2][13CH2][13C](=O)[O-])[13C](=O)[O-])cc3)c2c(=O)[nH]1.[Na+].[Na+]. The Bertz CT molecular complexity index is 1190. The standard InChI is InChI=1S/C20H21N5O6.2Na/c21-20-24-16-15(18(29)25-20)12(9-22-16)6-3-10-1-4-11(5-2-10)17(28)23-13(19(30)31)7-8-14(26)27;;/h1-2,4-5,9,13H,3,6-8H2,(H,23,28)(H,26,27)(H,30,31)(H4,21,22,24,25,29);;/q;2*+1/p-2/t13-;;/m0../s1/i7+1,8+1,13+1,14+1,19+1;;. The average Bonchev–Trinajstić information content (AvgIpc) is 3.12. The van der Waals surface area contributed by atoms with Gasteiger partial charge in [-0.3, -0.25) is 14.6 Å². The molecule has 3 rings (SSSR count). The maximum Gasteiger partial charge on any atom is 1.00 e. The van der Waals surface area contributed by atoms with Crippen LogP contribution in [0.5, 0.6) is 0 Å². The Hall–Kier alpha value is -2.15. The zero-order chi connectivity index (χ0) is 22.5. The van der Waals surface area contributed by atoms with Crippen LogP contribution in [-0.2, 0) is 22.4 Å². The molecule has 13 heteroatoms. The molecular formula is C20H19N5Na2O6. The van der Waals surface area contributed by atoms with Crippen LogP contribution in [-0.4, -0.2) is 38.8 Å². The molecule has 11 nitrogen and oxygen atoms in total. The number of nitrogens with zero attached hydrogens (tertiary/aromatic N) is 1. The van der Waals surface area contributed by atoms with E-state index in [1.165, 1.54) is 12.1 Å². The van der Waals surface area contributed by atoms with Crippen molar-refractivity contribution in [2.75, 3.05) is 5.73 Å². The molecular weight excluding hydrogens is 457 g/mol. The number of aromatic nitrogens is 3. The Kier molecular flexibility index (Phi) is 11.3. The first kappa shape index (κ1) is 28.9. The van der Waals surface area contributed by atoms with Crippen molar-refractivity contribution in [2.45, 2.75) is 31.7 Å². The Labute approximate surface area is 232 Å². The monoisotopic (exact) mass is 476 g/mol. The molecule has 0 aliphatic rings. The number of hydrogen-bond donors (Lipinski definition) is 4. The minimum Gasteiger partial charge on any atom is -0.550 e. The first-order valence-corrected chi connectivity index (χ1v) is 9.41. The number of aryl methyl sites for hydroxylation is 2. The Balaban J connectivity index is 0.00000272. The normalized spacial score (nSPS) is 11.2. The van der Waals surface area contributed by atoms with Crippen molar-refractivity contribution in [3.05, 3.63) is 57.5 Å². The summed E-state index contributed by atoms with van der Waals surface area (Å²) in [5.41, 5.74) is 7.49. The van der Waals surface area contributed by atoms with E-state index < -0.39 is 30.3 Å². The minimum atomic E-state index is -1.57. The molecule has 2 aromatic heterocycles. The number of hydrogen-bond acceptors (Lipinski definition) is 8. The molecule has 1 atom stereocenters. The molecule has 0 unspecified atom stereocenters. The van der Waals surface area contributed by atoms with Crippen LogP contribution in [0.15, 0.2) is 35.3 Å². The largest absolute Gasteiger partial charge is 1.00 e. The number of benzene rings is 1. The molecule has 3 aromatic rings.